The molecule has 29 heavy (non-hydrogen) atoms. The number of nitrogens with one attached hydrogen (secondary N) is 3. The molecule has 0 saturated heterocycles. The number of aromatic amines is 2. The third-order valence-corrected chi connectivity index (χ3v) is 5.14. The Morgan fingerprint density at radius 1 is 1.07 bits per heavy atom. The fourth-order valence-electron chi connectivity index (χ4n) is 3.72. The van der Waals surface area contributed by atoms with Crippen molar-refractivity contribution in [3.05, 3.63) is 70.5 Å². The molecule has 0 aliphatic heterocycles. The van der Waals surface area contributed by atoms with Crippen molar-refractivity contribution in [3.63, 3.8) is 0 Å². The van der Waals surface area contributed by atoms with Gasteiger partial charge in [-0.05, 0) is 49.6 Å². The molecule has 2 aromatic carbocycles. The highest BCUT2D eigenvalue weighted by molar-refractivity contribution is 5.98. The lowest BCUT2D eigenvalue weighted by Gasteiger charge is -2.08. The van der Waals surface area contributed by atoms with Crippen LogP contribution in [0.15, 0.2) is 42.5 Å². The smallest absolute Gasteiger partial charge is 0.358 e. The van der Waals surface area contributed by atoms with Crippen molar-refractivity contribution in [1.82, 2.24) is 15.3 Å². The molecule has 4 aromatic rings. The Kier molecular flexibility index (Phi) is 4.61. The Labute approximate surface area is 165 Å². The number of carbonyl (C=O) groups excluding carboxylic acids is 1. The highest BCUT2D eigenvalue weighted by atomic mass is 19.4. The molecule has 0 bridgehead atoms. The minimum atomic E-state index is -4.42. The number of hydrogen-bond acceptors (Lipinski definition) is 1. The number of para-hydroxylation sites is 1. The first-order valence-corrected chi connectivity index (χ1v) is 9.29. The van der Waals surface area contributed by atoms with Crippen molar-refractivity contribution in [3.8, 4) is 0 Å². The van der Waals surface area contributed by atoms with Gasteiger partial charge in [0.05, 0.1) is 11.1 Å². The van der Waals surface area contributed by atoms with E-state index in [9.17, 15) is 18.0 Å². The van der Waals surface area contributed by atoms with Crippen LogP contribution in [0, 0.1) is 13.8 Å². The number of fused-ring (bicyclic) bond motifs is 2. The third kappa shape index (κ3) is 3.60. The zero-order valence-corrected chi connectivity index (χ0v) is 16.0. The van der Waals surface area contributed by atoms with Crippen molar-refractivity contribution in [1.29, 1.82) is 0 Å². The standard InChI is InChI=1S/C22H20F3N3O/c1-12-6-7-14-11-19(28-18(14)10-12)21(29)26-9-8-15-13(2)27-20-16(15)4-3-5-17(20)22(23,24)25/h3-7,10-11,27-28H,8-9H2,1-2H3,(H,26,29). The first-order valence-electron chi connectivity index (χ1n) is 9.29. The zero-order chi connectivity index (χ0) is 20.8. The molecule has 4 nitrogen and oxygen atoms in total. The van der Waals surface area contributed by atoms with E-state index >= 15 is 0 Å². The summed E-state index contributed by atoms with van der Waals surface area (Å²) in [7, 11) is 0. The molecule has 2 heterocycles. The van der Waals surface area contributed by atoms with E-state index in [4.69, 9.17) is 0 Å². The second-order valence-electron chi connectivity index (χ2n) is 7.23. The summed E-state index contributed by atoms with van der Waals surface area (Å²) in [5.41, 5.74) is 3.31. The molecule has 7 heteroatoms. The number of alkyl halides is 3. The van der Waals surface area contributed by atoms with E-state index in [1.165, 1.54) is 6.07 Å². The van der Waals surface area contributed by atoms with Crippen LogP contribution in [-0.2, 0) is 12.6 Å². The highest BCUT2D eigenvalue weighted by Gasteiger charge is 2.33. The number of H-pyrrole nitrogens is 2. The lowest BCUT2D eigenvalue weighted by Crippen LogP contribution is -2.26. The number of hydrogen-bond donors (Lipinski definition) is 3. The van der Waals surface area contributed by atoms with Gasteiger partial charge in [-0.3, -0.25) is 4.79 Å². The quantitative estimate of drug-likeness (QED) is 0.431. The molecule has 0 unspecified atom stereocenters. The van der Waals surface area contributed by atoms with Gasteiger partial charge in [0, 0.05) is 28.5 Å². The Balaban J connectivity index is 1.51. The van der Waals surface area contributed by atoms with Gasteiger partial charge in [-0.25, -0.2) is 0 Å². The minimum absolute atomic E-state index is 0.0878. The maximum Gasteiger partial charge on any atom is 0.418 e. The first-order chi connectivity index (χ1) is 13.7. The van der Waals surface area contributed by atoms with E-state index in [2.05, 4.69) is 15.3 Å². The topological polar surface area (TPSA) is 60.7 Å². The van der Waals surface area contributed by atoms with E-state index in [1.54, 1.807) is 19.1 Å². The van der Waals surface area contributed by atoms with Crippen LogP contribution < -0.4 is 5.32 Å². The first kappa shape index (κ1) is 19.1. The Morgan fingerprint density at radius 3 is 2.62 bits per heavy atom. The summed E-state index contributed by atoms with van der Waals surface area (Å²) in [4.78, 5) is 18.4. The van der Waals surface area contributed by atoms with E-state index in [1.807, 2.05) is 25.1 Å². The maximum atomic E-state index is 13.2. The van der Waals surface area contributed by atoms with Crippen LogP contribution in [0.3, 0.4) is 0 Å². The third-order valence-electron chi connectivity index (χ3n) is 5.14. The molecule has 3 N–H and O–H groups in total. The second-order valence-corrected chi connectivity index (χ2v) is 7.23. The Bertz CT molecular complexity index is 1220. The molecule has 0 fully saturated rings. The van der Waals surface area contributed by atoms with E-state index in [-0.39, 0.29) is 11.4 Å². The number of aromatic nitrogens is 2. The van der Waals surface area contributed by atoms with Crippen LogP contribution in [-0.4, -0.2) is 22.4 Å². The summed E-state index contributed by atoms with van der Waals surface area (Å²) < 4.78 is 39.7. The van der Waals surface area contributed by atoms with Gasteiger partial charge in [-0.15, -0.1) is 0 Å². The van der Waals surface area contributed by atoms with Crippen molar-refractivity contribution in [2.24, 2.45) is 0 Å². The van der Waals surface area contributed by atoms with Crippen LogP contribution in [0.2, 0.25) is 0 Å². The molecular formula is C22H20F3N3O. The average Bonchev–Trinajstić information content (AvgIpc) is 3.21. The van der Waals surface area contributed by atoms with Gasteiger partial charge in [-0.1, -0.05) is 24.3 Å². The molecule has 0 radical (unpaired) electrons. The summed E-state index contributed by atoms with van der Waals surface area (Å²) in [5.74, 6) is -0.243. The molecule has 0 spiro atoms. The number of halogens is 3. The molecule has 0 aliphatic carbocycles. The number of amides is 1. The summed E-state index contributed by atoms with van der Waals surface area (Å²) in [6.07, 6.45) is -3.99. The van der Waals surface area contributed by atoms with Crippen LogP contribution in [0.5, 0.6) is 0 Å². The van der Waals surface area contributed by atoms with Crippen molar-refractivity contribution >= 4 is 27.7 Å². The lowest BCUT2D eigenvalue weighted by atomic mass is 10.0. The molecule has 150 valence electrons. The number of carbonyl (C=O) groups is 1. The Hall–Kier alpha value is -3.22. The van der Waals surface area contributed by atoms with Gasteiger partial charge in [0.15, 0.2) is 0 Å². The zero-order valence-electron chi connectivity index (χ0n) is 16.0. The van der Waals surface area contributed by atoms with Crippen LogP contribution in [0.4, 0.5) is 13.2 Å². The van der Waals surface area contributed by atoms with E-state index in [0.29, 0.717) is 29.7 Å². The van der Waals surface area contributed by atoms with E-state index < -0.39 is 11.7 Å². The van der Waals surface area contributed by atoms with Crippen molar-refractivity contribution in [2.45, 2.75) is 26.4 Å². The van der Waals surface area contributed by atoms with Gasteiger partial charge >= 0.3 is 6.18 Å². The predicted molar refractivity (Wildman–Crippen MR) is 107 cm³/mol. The Morgan fingerprint density at radius 2 is 1.86 bits per heavy atom. The van der Waals surface area contributed by atoms with Crippen LogP contribution in [0.1, 0.15) is 32.9 Å². The van der Waals surface area contributed by atoms with E-state index in [0.717, 1.165) is 28.1 Å². The fourth-order valence-corrected chi connectivity index (χ4v) is 3.72. The minimum Gasteiger partial charge on any atom is -0.358 e. The molecular weight excluding hydrogens is 379 g/mol. The molecule has 0 atom stereocenters. The van der Waals surface area contributed by atoms with Gasteiger partial charge in [0.25, 0.3) is 5.91 Å². The van der Waals surface area contributed by atoms with Gasteiger partial charge in [-0.2, -0.15) is 13.2 Å². The maximum absolute atomic E-state index is 13.2. The van der Waals surface area contributed by atoms with Crippen LogP contribution in [0.25, 0.3) is 21.8 Å². The summed E-state index contributed by atoms with van der Waals surface area (Å²) in [6, 6.07) is 11.8. The number of aryl methyl sites for hydroxylation is 2. The largest absolute Gasteiger partial charge is 0.418 e. The number of benzene rings is 2. The van der Waals surface area contributed by atoms with Crippen LogP contribution >= 0.6 is 0 Å². The SMILES string of the molecule is Cc1ccc2cc(C(=O)NCCc3c(C)[nH]c4c(C(F)(F)F)cccc34)[nH]c2c1. The lowest BCUT2D eigenvalue weighted by molar-refractivity contribution is -0.136. The van der Waals surface area contributed by atoms with Gasteiger partial charge in [0.2, 0.25) is 0 Å². The summed E-state index contributed by atoms with van der Waals surface area (Å²) in [6.45, 7) is 4.04. The van der Waals surface area contributed by atoms with Gasteiger partial charge in [0.1, 0.15) is 5.69 Å². The monoisotopic (exact) mass is 399 g/mol. The predicted octanol–water partition coefficient (Wildman–Crippen LogP) is 5.26. The average molecular weight is 399 g/mol. The molecule has 0 saturated carbocycles. The number of rotatable bonds is 4. The molecule has 0 aliphatic rings. The molecule has 2 aromatic heterocycles. The van der Waals surface area contributed by atoms with Gasteiger partial charge < -0.3 is 15.3 Å². The summed E-state index contributed by atoms with van der Waals surface area (Å²) >= 11 is 0. The summed E-state index contributed by atoms with van der Waals surface area (Å²) in [5, 5.41) is 4.33. The fraction of sp³-hybridized carbons (Fsp3) is 0.227. The van der Waals surface area contributed by atoms with Crippen molar-refractivity contribution in [2.75, 3.05) is 6.54 Å². The molecule has 4 rings (SSSR count). The second kappa shape index (κ2) is 6.99. The normalized spacial score (nSPS) is 12.0. The van der Waals surface area contributed by atoms with Crippen molar-refractivity contribution < 1.29 is 18.0 Å². The molecule has 1 amide bonds. The highest BCUT2D eigenvalue weighted by Crippen LogP contribution is 2.36.